The van der Waals surface area contributed by atoms with Gasteiger partial charge in [0.15, 0.2) is 0 Å². The zero-order valence-electron chi connectivity index (χ0n) is 11.7. The van der Waals surface area contributed by atoms with Gasteiger partial charge in [0.05, 0.1) is 5.56 Å². The van der Waals surface area contributed by atoms with Crippen LogP contribution in [0.5, 0.6) is 0 Å². The van der Waals surface area contributed by atoms with Crippen molar-refractivity contribution in [3.63, 3.8) is 0 Å². The molecule has 1 rings (SSSR count). The molecule has 0 fully saturated rings. The van der Waals surface area contributed by atoms with E-state index in [1.54, 1.807) is 30.3 Å². The number of aliphatic hydroxyl groups excluding tert-OH is 1. The summed E-state index contributed by atoms with van der Waals surface area (Å²) < 4.78 is 0. The Hall–Kier alpha value is -1.86. The van der Waals surface area contributed by atoms with Gasteiger partial charge < -0.3 is 10.0 Å². The Morgan fingerprint density at radius 1 is 1.58 bits per heavy atom. The van der Waals surface area contributed by atoms with E-state index < -0.39 is 0 Å². The molecule has 0 bridgehead atoms. The third-order valence-corrected chi connectivity index (χ3v) is 2.94. The molecule has 0 saturated carbocycles. The van der Waals surface area contributed by atoms with Gasteiger partial charge in [0.25, 0.3) is 5.91 Å². The Balaban J connectivity index is 2.93. The summed E-state index contributed by atoms with van der Waals surface area (Å²) >= 11 is 0. The van der Waals surface area contributed by atoms with Gasteiger partial charge in [0.2, 0.25) is 0 Å². The van der Waals surface area contributed by atoms with Crippen LogP contribution in [0.2, 0.25) is 0 Å². The van der Waals surface area contributed by atoms with Crippen LogP contribution in [-0.2, 0) is 0 Å². The number of pyridine rings is 1. The molecule has 1 aromatic rings. The van der Waals surface area contributed by atoms with E-state index in [-0.39, 0.29) is 12.5 Å². The van der Waals surface area contributed by atoms with Crippen molar-refractivity contribution in [1.29, 1.82) is 0 Å². The van der Waals surface area contributed by atoms with Gasteiger partial charge in [-0.3, -0.25) is 4.79 Å². The molecule has 0 aliphatic heterocycles. The SMILES string of the molecule is CCC(C)CN(C)C(=O)c1ncccc1C#CCO. The average Bonchev–Trinajstić information content (AvgIpc) is 2.44. The Morgan fingerprint density at radius 3 is 2.95 bits per heavy atom. The van der Waals surface area contributed by atoms with Gasteiger partial charge >= 0.3 is 0 Å². The molecule has 0 spiro atoms. The first-order valence-corrected chi connectivity index (χ1v) is 6.40. The Labute approximate surface area is 114 Å². The fraction of sp³-hybridized carbons (Fsp3) is 0.467. The van der Waals surface area contributed by atoms with Crippen LogP contribution in [0, 0.1) is 17.8 Å². The monoisotopic (exact) mass is 260 g/mol. The van der Waals surface area contributed by atoms with Crippen LogP contribution >= 0.6 is 0 Å². The van der Waals surface area contributed by atoms with Crippen molar-refractivity contribution in [2.45, 2.75) is 20.3 Å². The van der Waals surface area contributed by atoms with Crippen LogP contribution < -0.4 is 0 Å². The summed E-state index contributed by atoms with van der Waals surface area (Å²) in [5.74, 6) is 5.61. The van der Waals surface area contributed by atoms with E-state index in [1.807, 2.05) is 0 Å². The van der Waals surface area contributed by atoms with Crippen LogP contribution in [0.3, 0.4) is 0 Å². The summed E-state index contributed by atoms with van der Waals surface area (Å²) in [7, 11) is 1.77. The first kappa shape index (κ1) is 15.2. The second-order valence-electron chi connectivity index (χ2n) is 4.56. The van der Waals surface area contributed by atoms with Gasteiger partial charge in [0, 0.05) is 19.8 Å². The second-order valence-corrected chi connectivity index (χ2v) is 4.56. The first-order valence-electron chi connectivity index (χ1n) is 6.40. The van der Waals surface area contributed by atoms with Crippen molar-refractivity contribution in [2.24, 2.45) is 5.92 Å². The number of carbonyl (C=O) groups is 1. The number of aliphatic hydroxyl groups is 1. The molecule has 102 valence electrons. The van der Waals surface area contributed by atoms with Gasteiger partial charge in [-0.25, -0.2) is 4.98 Å². The summed E-state index contributed by atoms with van der Waals surface area (Å²) in [6.45, 7) is 4.67. The summed E-state index contributed by atoms with van der Waals surface area (Å²) in [6, 6.07) is 3.47. The van der Waals surface area contributed by atoms with E-state index in [2.05, 4.69) is 30.7 Å². The lowest BCUT2D eigenvalue weighted by Crippen LogP contribution is -2.32. The Bertz CT molecular complexity index is 488. The van der Waals surface area contributed by atoms with Crippen LogP contribution in [0.1, 0.15) is 36.3 Å². The minimum atomic E-state index is -0.231. The van der Waals surface area contributed by atoms with Gasteiger partial charge in [0.1, 0.15) is 12.3 Å². The van der Waals surface area contributed by atoms with Gasteiger partial charge in [-0.2, -0.15) is 0 Å². The predicted octanol–water partition coefficient (Wildman–Crippen LogP) is 1.54. The quantitative estimate of drug-likeness (QED) is 0.836. The van der Waals surface area contributed by atoms with Crippen LogP contribution in [-0.4, -0.2) is 41.1 Å². The van der Waals surface area contributed by atoms with E-state index in [1.165, 1.54) is 0 Å². The molecule has 1 unspecified atom stereocenters. The number of carbonyl (C=O) groups excluding carboxylic acids is 1. The van der Waals surface area contributed by atoms with E-state index in [0.717, 1.165) is 6.42 Å². The highest BCUT2D eigenvalue weighted by atomic mass is 16.2. The smallest absolute Gasteiger partial charge is 0.273 e. The molecule has 19 heavy (non-hydrogen) atoms. The molecule has 1 N–H and O–H groups in total. The van der Waals surface area contributed by atoms with Crippen LogP contribution in [0.25, 0.3) is 0 Å². The molecule has 1 aromatic heterocycles. The maximum absolute atomic E-state index is 12.3. The van der Waals surface area contributed by atoms with Gasteiger partial charge in [-0.15, -0.1) is 0 Å². The summed E-state index contributed by atoms with van der Waals surface area (Å²) in [6.07, 6.45) is 2.60. The standard InChI is InChI=1S/C15H20N2O2/c1-4-12(2)11-17(3)15(19)14-13(8-6-10-18)7-5-9-16-14/h5,7,9,12,18H,4,10-11H2,1-3H3. The molecule has 0 radical (unpaired) electrons. The summed E-state index contributed by atoms with van der Waals surface area (Å²) in [5, 5.41) is 8.73. The first-order chi connectivity index (χ1) is 9.10. The van der Waals surface area contributed by atoms with Crippen LogP contribution in [0.4, 0.5) is 0 Å². The maximum Gasteiger partial charge on any atom is 0.273 e. The number of amides is 1. The topological polar surface area (TPSA) is 53.4 Å². The largest absolute Gasteiger partial charge is 0.384 e. The zero-order chi connectivity index (χ0) is 14.3. The van der Waals surface area contributed by atoms with Crippen molar-refractivity contribution < 1.29 is 9.90 Å². The Morgan fingerprint density at radius 2 is 2.32 bits per heavy atom. The molecule has 1 atom stereocenters. The molecule has 1 heterocycles. The lowest BCUT2D eigenvalue weighted by atomic mass is 10.1. The highest BCUT2D eigenvalue weighted by molar-refractivity contribution is 5.94. The van der Waals surface area contributed by atoms with Gasteiger partial charge in [-0.05, 0) is 18.1 Å². The van der Waals surface area contributed by atoms with Crippen molar-refractivity contribution in [1.82, 2.24) is 9.88 Å². The third-order valence-electron chi connectivity index (χ3n) is 2.94. The number of hydrogen-bond acceptors (Lipinski definition) is 3. The molecule has 0 aromatic carbocycles. The zero-order valence-corrected chi connectivity index (χ0v) is 11.7. The molecule has 4 heteroatoms. The van der Waals surface area contributed by atoms with Gasteiger partial charge in [-0.1, -0.05) is 32.1 Å². The van der Waals surface area contributed by atoms with Crippen molar-refractivity contribution in [3.05, 3.63) is 29.6 Å². The fourth-order valence-electron chi connectivity index (χ4n) is 1.67. The van der Waals surface area contributed by atoms with E-state index in [9.17, 15) is 4.79 Å². The lowest BCUT2D eigenvalue weighted by molar-refractivity contribution is 0.0769. The Kier molecular flexibility index (Phi) is 6.04. The number of aromatic nitrogens is 1. The van der Waals surface area contributed by atoms with Crippen molar-refractivity contribution in [2.75, 3.05) is 20.2 Å². The number of nitrogens with zero attached hydrogens (tertiary/aromatic N) is 2. The molecular weight excluding hydrogens is 240 g/mol. The maximum atomic E-state index is 12.3. The minimum absolute atomic E-state index is 0.136. The number of rotatable bonds is 4. The molecule has 4 nitrogen and oxygen atoms in total. The molecule has 0 saturated heterocycles. The third kappa shape index (κ3) is 4.38. The lowest BCUT2D eigenvalue weighted by Gasteiger charge is -2.20. The molecule has 1 amide bonds. The van der Waals surface area contributed by atoms with E-state index >= 15 is 0 Å². The van der Waals surface area contributed by atoms with E-state index in [4.69, 9.17) is 5.11 Å². The van der Waals surface area contributed by atoms with Crippen molar-refractivity contribution in [3.8, 4) is 11.8 Å². The highest BCUT2D eigenvalue weighted by Crippen LogP contribution is 2.09. The fourth-order valence-corrected chi connectivity index (χ4v) is 1.67. The molecule has 0 aliphatic carbocycles. The number of hydrogen-bond donors (Lipinski definition) is 1. The molecular formula is C15H20N2O2. The minimum Gasteiger partial charge on any atom is -0.384 e. The average molecular weight is 260 g/mol. The van der Waals surface area contributed by atoms with Crippen molar-refractivity contribution >= 4 is 5.91 Å². The van der Waals surface area contributed by atoms with E-state index in [0.29, 0.717) is 23.7 Å². The highest BCUT2D eigenvalue weighted by Gasteiger charge is 2.17. The normalized spacial score (nSPS) is 11.4. The summed E-state index contributed by atoms with van der Waals surface area (Å²) in [4.78, 5) is 18.1. The second kappa shape index (κ2) is 7.55. The van der Waals surface area contributed by atoms with Crippen LogP contribution in [0.15, 0.2) is 18.3 Å². The summed E-state index contributed by atoms with van der Waals surface area (Å²) in [5.41, 5.74) is 0.895. The molecule has 0 aliphatic rings. The predicted molar refractivity (Wildman–Crippen MR) is 74.6 cm³/mol.